The molecule has 1 rings (SSSR count). The van der Waals surface area contributed by atoms with Crippen LogP contribution in [0.3, 0.4) is 0 Å². The molecule has 0 N–H and O–H groups in total. The van der Waals surface area contributed by atoms with Gasteiger partial charge in [0.25, 0.3) is 0 Å². The fourth-order valence-electron chi connectivity index (χ4n) is 0.722. The van der Waals surface area contributed by atoms with Crippen LogP contribution in [0.25, 0.3) is 0 Å². The van der Waals surface area contributed by atoms with Gasteiger partial charge in [0.2, 0.25) is 0 Å². The van der Waals surface area contributed by atoms with Gasteiger partial charge in [-0.05, 0) is 13.8 Å². The van der Waals surface area contributed by atoms with Crippen molar-refractivity contribution in [3.63, 3.8) is 0 Å². The molecule has 0 aromatic heterocycles. The van der Waals surface area contributed by atoms with Crippen molar-refractivity contribution in [2.45, 2.75) is 13.8 Å². The molecule has 0 aromatic rings. The zero-order chi connectivity index (χ0) is 6.85. The SMILES string of the molecule is CC([SiH3])=C(C)CN1CC1. The minimum atomic E-state index is 1.23. The van der Waals surface area contributed by atoms with E-state index >= 15 is 0 Å². The van der Waals surface area contributed by atoms with Gasteiger partial charge in [-0.3, -0.25) is 4.90 Å². The highest BCUT2D eigenvalue weighted by atomic mass is 28.1. The van der Waals surface area contributed by atoms with Gasteiger partial charge in [-0.15, -0.1) is 0 Å². The highest BCUT2D eigenvalue weighted by Crippen LogP contribution is 2.09. The van der Waals surface area contributed by atoms with Gasteiger partial charge in [-0.2, -0.15) is 0 Å². The molecule has 1 aliphatic rings. The van der Waals surface area contributed by atoms with Gasteiger partial charge in [-0.25, -0.2) is 0 Å². The van der Waals surface area contributed by atoms with Gasteiger partial charge < -0.3 is 0 Å². The van der Waals surface area contributed by atoms with E-state index in [-0.39, 0.29) is 0 Å². The summed E-state index contributed by atoms with van der Waals surface area (Å²) >= 11 is 0. The lowest BCUT2D eigenvalue weighted by molar-refractivity contribution is 0.608. The number of rotatable bonds is 2. The quantitative estimate of drug-likeness (QED) is 0.385. The molecule has 2 heteroatoms. The maximum absolute atomic E-state index is 2.46. The first kappa shape index (κ1) is 7.03. The molecule has 1 saturated heterocycles. The Morgan fingerprint density at radius 1 is 1.44 bits per heavy atom. The molecule has 0 aromatic carbocycles. The molecule has 0 radical (unpaired) electrons. The van der Waals surface area contributed by atoms with Crippen LogP contribution >= 0.6 is 0 Å². The standard InChI is InChI=1S/C7H15NSi/c1-6(7(2)9)5-8-3-4-8/h3-5H2,1-2,9H3. The van der Waals surface area contributed by atoms with E-state index in [1.54, 1.807) is 10.8 Å². The topological polar surface area (TPSA) is 3.01 Å². The molecule has 1 heterocycles. The highest BCUT2D eigenvalue weighted by molar-refractivity contribution is 6.21. The van der Waals surface area contributed by atoms with E-state index in [4.69, 9.17) is 0 Å². The summed E-state index contributed by atoms with van der Waals surface area (Å²) in [6, 6.07) is 0. The molecule has 0 bridgehead atoms. The lowest BCUT2D eigenvalue weighted by Gasteiger charge is -2.02. The lowest BCUT2D eigenvalue weighted by atomic mass is 10.3. The molecule has 0 amide bonds. The molecule has 9 heavy (non-hydrogen) atoms. The highest BCUT2D eigenvalue weighted by Gasteiger charge is 2.16. The second-order valence-corrected chi connectivity index (χ2v) is 4.56. The Bertz CT molecular complexity index is 132. The van der Waals surface area contributed by atoms with Crippen LogP contribution in [0.5, 0.6) is 0 Å². The fourth-order valence-corrected chi connectivity index (χ4v) is 0.880. The van der Waals surface area contributed by atoms with Gasteiger partial charge in [0, 0.05) is 29.9 Å². The molecule has 0 saturated carbocycles. The summed E-state index contributed by atoms with van der Waals surface area (Å²) in [6.07, 6.45) is 0. The molecule has 0 spiro atoms. The zero-order valence-electron chi connectivity index (χ0n) is 6.57. The first-order valence-corrected chi connectivity index (χ1v) is 4.55. The minimum absolute atomic E-state index is 1.23. The van der Waals surface area contributed by atoms with Crippen molar-refractivity contribution in [1.82, 2.24) is 4.90 Å². The van der Waals surface area contributed by atoms with Crippen LogP contribution < -0.4 is 0 Å². The average Bonchev–Trinajstić information content (AvgIpc) is 2.50. The Balaban J connectivity index is 2.32. The van der Waals surface area contributed by atoms with Crippen molar-refractivity contribution in [2.24, 2.45) is 0 Å². The van der Waals surface area contributed by atoms with Gasteiger partial charge >= 0.3 is 0 Å². The Morgan fingerprint density at radius 2 is 2.00 bits per heavy atom. The molecule has 0 aliphatic carbocycles. The van der Waals surface area contributed by atoms with Crippen LogP contribution in [0.15, 0.2) is 10.8 Å². The Kier molecular flexibility index (Phi) is 2.08. The van der Waals surface area contributed by atoms with Gasteiger partial charge in [0.1, 0.15) is 0 Å². The van der Waals surface area contributed by atoms with Gasteiger partial charge in [-0.1, -0.05) is 10.8 Å². The molecular weight excluding hydrogens is 126 g/mol. The van der Waals surface area contributed by atoms with Crippen molar-refractivity contribution >= 4 is 10.2 Å². The van der Waals surface area contributed by atoms with E-state index in [1.165, 1.54) is 29.9 Å². The monoisotopic (exact) mass is 141 g/mol. The summed E-state index contributed by atoms with van der Waals surface area (Å²) < 4.78 is 0. The number of hydrogen-bond donors (Lipinski definition) is 0. The third kappa shape index (κ3) is 2.33. The summed E-state index contributed by atoms with van der Waals surface area (Å²) in [5, 5.41) is 1.61. The second-order valence-electron chi connectivity index (χ2n) is 3.06. The smallest absolute Gasteiger partial charge is 0.0329 e. The van der Waals surface area contributed by atoms with Crippen LogP contribution in [0.4, 0.5) is 0 Å². The largest absolute Gasteiger partial charge is 0.297 e. The normalized spacial score (nSPS) is 22.0. The van der Waals surface area contributed by atoms with E-state index in [0.29, 0.717) is 0 Å². The average molecular weight is 141 g/mol. The number of nitrogens with zero attached hydrogens (tertiary/aromatic N) is 1. The third-order valence-corrected chi connectivity index (χ3v) is 2.71. The minimum Gasteiger partial charge on any atom is -0.297 e. The van der Waals surface area contributed by atoms with Crippen molar-refractivity contribution in [2.75, 3.05) is 19.6 Å². The van der Waals surface area contributed by atoms with Crippen molar-refractivity contribution in [3.8, 4) is 0 Å². The van der Waals surface area contributed by atoms with Gasteiger partial charge in [0.05, 0.1) is 0 Å². The van der Waals surface area contributed by atoms with Crippen molar-refractivity contribution in [1.29, 1.82) is 0 Å². The van der Waals surface area contributed by atoms with Crippen LogP contribution in [0.1, 0.15) is 13.8 Å². The van der Waals surface area contributed by atoms with Crippen LogP contribution in [0, 0.1) is 0 Å². The van der Waals surface area contributed by atoms with Crippen molar-refractivity contribution in [3.05, 3.63) is 10.8 Å². The molecule has 1 nitrogen and oxygen atoms in total. The summed E-state index contributed by atoms with van der Waals surface area (Å²) in [5.74, 6) is 0. The zero-order valence-corrected chi connectivity index (χ0v) is 8.57. The molecule has 1 aliphatic heterocycles. The maximum Gasteiger partial charge on any atom is 0.0329 e. The summed E-state index contributed by atoms with van der Waals surface area (Å²) in [7, 11) is 1.24. The third-order valence-electron chi connectivity index (χ3n) is 1.85. The number of hydrogen-bond acceptors (Lipinski definition) is 1. The number of allylic oxidation sites excluding steroid dienone is 1. The molecule has 1 fully saturated rings. The Labute approximate surface area is 60.2 Å². The van der Waals surface area contributed by atoms with Gasteiger partial charge in [0.15, 0.2) is 0 Å². The van der Waals surface area contributed by atoms with E-state index in [0.717, 1.165) is 0 Å². The Hall–Kier alpha value is -0.0831. The fraction of sp³-hybridized carbons (Fsp3) is 0.714. The summed E-state index contributed by atoms with van der Waals surface area (Å²) in [4.78, 5) is 2.46. The van der Waals surface area contributed by atoms with E-state index in [2.05, 4.69) is 18.7 Å². The molecular formula is C7H15NSi. The van der Waals surface area contributed by atoms with E-state index in [9.17, 15) is 0 Å². The first-order valence-electron chi connectivity index (χ1n) is 3.55. The lowest BCUT2D eigenvalue weighted by Crippen LogP contribution is -2.02. The second kappa shape index (κ2) is 2.67. The molecule has 0 unspecified atom stereocenters. The van der Waals surface area contributed by atoms with Crippen LogP contribution in [-0.2, 0) is 0 Å². The van der Waals surface area contributed by atoms with E-state index in [1.807, 2.05) is 0 Å². The van der Waals surface area contributed by atoms with Crippen LogP contribution in [-0.4, -0.2) is 34.8 Å². The summed E-state index contributed by atoms with van der Waals surface area (Å²) in [5.41, 5.74) is 1.60. The van der Waals surface area contributed by atoms with E-state index < -0.39 is 0 Å². The van der Waals surface area contributed by atoms with Crippen molar-refractivity contribution < 1.29 is 0 Å². The Morgan fingerprint density at radius 3 is 2.33 bits per heavy atom. The maximum atomic E-state index is 2.46. The van der Waals surface area contributed by atoms with Crippen LogP contribution in [0.2, 0.25) is 0 Å². The summed E-state index contributed by atoms with van der Waals surface area (Å²) in [6.45, 7) is 8.37. The first-order chi connectivity index (χ1) is 4.20. The predicted octanol–water partition coefficient (Wildman–Crippen LogP) is -0.0387. The molecule has 0 atom stereocenters. The molecule has 52 valence electrons. The predicted molar refractivity (Wildman–Crippen MR) is 44.8 cm³/mol.